The van der Waals surface area contributed by atoms with Gasteiger partial charge in [-0.15, -0.1) is 0 Å². The van der Waals surface area contributed by atoms with E-state index in [4.69, 9.17) is 4.74 Å². The number of carbonyl (C=O) groups is 1. The average Bonchev–Trinajstić information content (AvgIpc) is 3.09. The standard InChI is InChI=1S/C20H27F2N5O2/c1-13-7-10-27(26-13)17-12-14(19(2,3)25-18(28)29-4)11-16(24-17)23-15-5-8-20(21,22)9-6-15/h7,10-12,15H,5-6,8-9H2,1-4H3,(H,23,24)(H,25,28). The van der Waals surface area contributed by atoms with Crippen molar-refractivity contribution >= 4 is 11.9 Å². The summed E-state index contributed by atoms with van der Waals surface area (Å²) < 4.78 is 33.3. The highest BCUT2D eigenvalue weighted by molar-refractivity contribution is 5.68. The van der Waals surface area contributed by atoms with E-state index in [2.05, 4.69) is 20.7 Å². The highest BCUT2D eigenvalue weighted by Crippen LogP contribution is 2.34. The molecule has 0 saturated heterocycles. The summed E-state index contributed by atoms with van der Waals surface area (Å²) in [4.78, 5) is 16.4. The lowest BCUT2D eigenvalue weighted by Gasteiger charge is -2.30. The quantitative estimate of drug-likeness (QED) is 0.778. The maximum Gasteiger partial charge on any atom is 0.407 e. The number of hydrogen-bond acceptors (Lipinski definition) is 5. The van der Waals surface area contributed by atoms with Crippen molar-refractivity contribution < 1.29 is 18.3 Å². The molecule has 7 nitrogen and oxygen atoms in total. The number of alkyl carbamates (subject to hydrolysis) is 1. The number of ether oxygens (including phenoxy) is 1. The Kier molecular flexibility index (Phi) is 5.77. The fourth-order valence-corrected chi connectivity index (χ4v) is 3.38. The normalized spacial score (nSPS) is 17.0. The summed E-state index contributed by atoms with van der Waals surface area (Å²) in [7, 11) is 1.31. The molecule has 0 bridgehead atoms. The van der Waals surface area contributed by atoms with Crippen molar-refractivity contribution in [1.82, 2.24) is 20.1 Å². The Morgan fingerprint density at radius 1 is 1.31 bits per heavy atom. The lowest BCUT2D eigenvalue weighted by Crippen LogP contribution is -2.41. The molecule has 1 aliphatic carbocycles. The van der Waals surface area contributed by atoms with Crippen LogP contribution in [0.2, 0.25) is 0 Å². The first-order valence-corrected chi connectivity index (χ1v) is 9.64. The molecule has 0 aromatic carbocycles. The van der Waals surface area contributed by atoms with E-state index in [1.807, 2.05) is 39.0 Å². The first kappa shape index (κ1) is 21.0. The highest BCUT2D eigenvalue weighted by Gasteiger charge is 2.35. The van der Waals surface area contributed by atoms with E-state index in [0.717, 1.165) is 11.3 Å². The largest absolute Gasteiger partial charge is 0.453 e. The molecule has 158 valence electrons. The summed E-state index contributed by atoms with van der Waals surface area (Å²) in [5, 5.41) is 10.5. The summed E-state index contributed by atoms with van der Waals surface area (Å²) in [5.74, 6) is -1.46. The molecule has 3 rings (SSSR count). The second-order valence-electron chi connectivity index (χ2n) is 8.02. The third-order valence-corrected chi connectivity index (χ3v) is 5.16. The van der Waals surface area contributed by atoms with Crippen molar-refractivity contribution in [3.8, 4) is 5.82 Å². The monoisotopic (exact) mass is 407 g/mol. The number of rotatable bonds is 5. The number of amides is 1. The second-order valence-corrected chi connectivity index (χ2v) is 8.02. The van der Waals surface area contributed by atoms with Crippen molar-refractivity contribution in [2.24, 2.45) is 0 Å². The average molecular weight is 407 g/mol. The van der Waals surface area contributed by atoms with Gasteiger partial charge in [-0.25, -0.2) is 23.2 Å². The van der Waals surface area contributed by atoms with Crippen LogP contribution in [0.1, 0.15) is 50.8 Å². The van der Waals surface area contributed by atoms with Crippen LogP contribution in [0.5, 0.6) is 0 Å². The molecule has 1 aliphatic rings. The van der Waals surface area contributed by atoms with E-state index in [1.165, 1.54) is 7.11 Å². The number of hydrogen-bond donors (Lipinski definition) is 2. The molecule has 9 heteroatoms. The molecule has 0 atom stereocenters. The topological polar surface area (TPSA) is 81.1 Å². The Bertz CT molecular complexity index is 872. The second kappa shape index (κ2) is 7.96. The molecule has 0 unspecified atom stereocenters. The Labute approximate surface area is 168 Å². The first-order chi connectivity index (χ1) is 13.6. The molecule has 0 aliphatic heterocycles. The number of anilines is 1. The van der Waals surface area contributed by atoms with E-state index in [0.29, 0.717) is 24.5 Å². The van der Waals surface area contributed by atoms with Crippen LogP contribution in [0.4, 0.5) is 19.4 Å². The van der Waals surface area contributed by atoms with Gasteiger partial charge >= 0.3 is 6.09 Å². The fraction of sp³-hybridized carbons (Fsp3) is 0.550. The molecule has 0 radical (unpaired) electrons. The van der Waals surface area contributed by atoms with Crippen molar-refractivity contribution in [3.63, 3.8) is 0 Å². The zero-order chi connectivity index (χ0) is 21.2. The van der Waals surface area contributed by atoms with Crippen LogP contribution < -0.4 is 10.6 Å². The Morgan fingerprint density at radius 2 is 2.00 bits per heavy atom. The summed E-state index contributed by atoms with van der Waals surface area (Å²) in [6.07, 6.45) is 1.73. The summed E-state index contributed by atoms with van der Waals surface area (Å²) in [5.41, 5.74) is 0.876. The number of methoxy groups -OCH3 is 1. The molecular weight excluding hydrogens is 380 g/mol. The zero-order valence-corrected chi connectivity index (χ0v) is 17.1. The Hall–Kier alpha value is -2.71. The first-order valence-electron chi connectivity index (χ1n) is 9.64. The number of aryl methyl sites for hydroxylation is 1. The minimum absolute atomic E-state index is 0.0822. The number of nitrogens with one attached hydrogen (secondary N) is 2. The number of halogens is 2. The summed E-state index contributed by atoms with van der Waals surface area (Å²) in [6, 6.07) is 5.44. The molecule has 2 aromatic rings. The third-order valence-electron chi connectivity index (χ3n) is 5.16. The maximum absolute atomic E-state index is 13.5. The van der Waals surface area contributed by atoms with E-state index < -0.39 is 17.6 Å². The maximum atomic E-state index is 13.5. The highest BCUT2D eigenvalue weighted by atomic mass is 19.3. The fourth-order valence-electron chi connectivity index (χ4n) is 3.38. The summed E-state index contributed by atoms with van der Waals surface area (Å²) in [6.45, 7) is 5.58. The molecule has 1 amide bonds. The number of alkyl halides is 2. The van der Waals surface area contributed by atoms with Gasteiger partial charge in [0.15, 0.2) is 5.82 Å². The van der Waals surface area contributed by atoms with Crippen LogP contribution in [-0.2, 0) is 10.3 Å². The molecule has 2 N–H and O–H groups in total. The zero-order valence-electron chi connectivity index (χ0n) is 17.1. The van der Waals surface area contributed by atoms with Gasteiger partial charge in [-0.3, -0.25) is 0 Å². The predicted octanol–water partition coefficient (Wildman–Crippen LogP) is 4.16. The van der Waals surface area contributed by atoms with Gasteiger partial charge in [0.1, 0.15) is 5.82 Å². The van der Waals surface area contributed by atoms with Crippen LogP contribution in [0, 0.1) is 6.92 Å². The van der Waals surface area contributed by atoms with E-state index in [9.17, 15) is 13.6 Å². The van der Waals surface area contributed by atoms with Crippen molar-refractivity contribution in [2.45, 2.75) is 64.0 Å². The van der Waals surface area contributed by atoms with Crippen LogP contribution in [0.3, 0.4) is 0 Å². The SMILES string of the molecule is COC(=O)NC(C)(C)c1cc(NC2CCC(F)(F)CC2)nc(-n2ccc(C)n2)c1. The predicted molar refractivity (Wildman–Crippen MR) is 105 cm³/mol. The molecule has 2 heterocycles. The van der Waals surface area contributed by atoms with Gasteiger partial charge in [0.05, 0.1) is 18.3 Å². The molecule has 1 fully saturated rings. The van der Waals surface area contributed by atoms with Crippen LogP contribution in [-0.4, -0.2) is 39.9 Å². The number of carbonyl (C=O) groups excluding carboxylic acids is 1. The molecule has 29 heavy (non-hydrogen) atoms. The van der Waals surface area contributed by atoms with Gasteiger partial charge < -0.3 is 15.4 Å². The number of aromatic nitrogens is 3. The minimum Gasteiger partial charge on any atom is -0.453 e. The van der Waals surface area contributed by atoms with Crippen LogP contribution in [0.25, 0.3) is 5.82 Å². The molecule has 1 saturated carbocycles. The summed E-state index contributed by atoms with van der Waals surface area (Å²) >= 11 is 0. The van der Waals surface area contributed by atoms with E-state index >= 15 is 0 Å². The van der Waals surface area contributed by atoms with Gasteiger partial charge in [0, 0.05) is 25.1 Å². The Morgan fingerprint density at radius 3 is 2.59 bits per heavy atom. The molecule has 2 aromatic heterocycles. The van der Waals surface area contributed by atoms with Crippen molar-refractivity contribution in [1.29, 1.82) is 0 Å². The third kappa shape index (κ3) is 5.21. The molecular formula is C20H27F2N5O2. The number of pyridine rings is 1. The van der Waals surface area contributed by atoms with Gasteiger partial charge in [-0.05, 0) is 57.4 Å². The van der Waals surface area contributed by atoms with Gasteiger partial charge in [0.25, 0.3) is 0 Å². The van der Waals surface area contributed by atoms with Gasteiger partial charge in [0.2, 0.25) is 5.92 Å². The Balaban J connectivity index is 1.92. The lowest BCUT2D eigenvalue weighted by molar-refractivity contribution is -0.0361. The van der Waals surface area contributed by atoms with Gasteiger partial charge in [-0.1, -0.05) is 0 Å². The van der Waals surface area contributed by atoms with Crippen molar-refractivity contribution in [2.75, 3.05) is 12.4 Å². The van der Waals surface area contributed by atoms with Crippen molar-refractivity contribution in [3.05, 3.63) is 35.7 Å². The van der Waals surface area contributed by atoms with Crippen LogP contribution in [0.15, 0.2) is 24.4 Å². The molecule has 0 spiro atoms. The smallest absolute Gasteiger partial charge is 0.407 e. The van der Waals surface area contributed by atoms with E-state index in [1.54, 1.807) is 10.9 Å². The van der Waals surface area contributed by atoms with Crippen LogP contribution >= 0.6 is 0 Å². The van der Waals surface area contributed by atoms with E-state index in [-0.39, 0.29) is 18.9 Å². The minimum atomic E-state index is -2.59. The number of nitrogens with zero attached hydrogens (tertiary/aromatic N) is 3. The lowest BCUT2D eigenvalue weighted by atomic mass is 9.92. The van der Waals surface area contributed by atoms with Gasteiger partial charge in [-0.2, -0.15) is 5.10 Å².